The minimum Gasteiger partial charge on any atom is -0.288 e. The molecule has 0 aliphatic rings. The fraction of sp³-hybridized carbons (Fsp3) is 0.591. The summed E-state index contributed by atoms with van der Waals surface area (Å²) < 4.78 is 0. The molecule has 128 valence electrons. The van der Waals surface area contributed by atoms with E-state index in [0.717, 1.165) is 12.3 Å². The lowest BCUT2D eigenvalue weighted by Gasteiger charge is -2.19. The lowest BCUT2D eigenvalue weighted by atomic mass is 9.87. The van der Waals surface area contributed by atoms with E-state index in [0.29, 0.717) is 0 Å². The Balaban J connectivity index is 2.93. The average molecular weight is 314 g/mol. The van der Waals surface area contributed by atoms with Crippen LogP contribution in [0.5, 0.6) is 0 Å². The molecule has 1 heteroatoms. The van der Waals surface area contributed by atoms with E-state index < -0.39 is 0 Å². The minimum atomic E-state index is 0.857. The maximum absolute atomic E-state index is 4.64. The number of aliphatic imine (C=N–C) groups is 1. The zero-order valence-corrected chi connectivity index (χ0v) is 16.1. The third-order valence-electron chi connectivity index (χ3n) is 4.63. The number of rotatable bonds is 9. The summed E-state index contributed by atoms with van der Waals surface area (Å²) in [7, 11) is 1.92. The first-order chi connectivity index (χ1) is 11.0. The Morgan fingerprint density at radius 3 is 1.96 bits per heavy atom. The molecule has 1 nitrogen and oxygen atoms in total. The van der Waals surface area contributed by atoms with Gasteiger partial charge >= 0.3 is 0 Å². The highest BCUT2D eigenvalue weighted by atomic mass is 14.7. The number of allylic oxidation sites excluding steroid dienone is 2. The van der Waals surface area contributed by atoms with Crippen molar-refractivity contribution in [1.82, 2.24) is 0 Å². The SMILES string of the molecule is CCCC(CCC)CCC(C(=NC)c1ccc(C)cc1)=C(C)C. The highest BCUT2D eigenvalue weighted by Crippen LogP contribution is 2.25. The molecule has 0 aliphatic carbocycles. The average Bonchev–Trinajstić information content (AvgIpc) is 2.52. The van der Waals surface area contributed by atoms with Gasteiger partial charge in [0.25, 0.3) is 0 Å². The summed E-state index contributed by atoms with van der Waals surface area (Å²) in [4.78, 5) is 4.64. The standard InChI is InChI=1S/C22H35N/c1-7-9-19(10-8-2)13-16-21(17(3)4)22(23-6)20-14-11-18(5)12-15-20/h11-12,14-15,19H,7-10,13,16H2,1-6H3. The third-order valence-corrected chi connectivity index (χ3v) is 4.63. The fourth-order valence-corrected chi connectivity index (χ4v) is 3.35. The molecule has 23 heavy (non-hydrogen) atoms. The Labute approximate surface area is 143 Å². The molecule has 0 saturated carbocycles. The summed E-state index contributed by atoms with van der Waals surface area (Å²) in [5.41, 5.74) is 6.56. The first kappa shape index (κ1) is 19.7. The summed E-state index contributed by atoms with van der Waals surface area (Å²) in [6, 6.07) is 8.77. The van der Waals surface area contributed by atoms with Gasteiger partial charge in [-0.05, 0) is 50.7 Å². The summed E-state index contributed by atoms with van der Waals surface area (Å²) >= 11 is 0. The molecule has 1 aromatic carbocycles. The molecule has 0 aliphatic heterocycles. The van der Waals surface area contributed by atoms with E-state index in [1.165, 1.54) is 60.1 Å². The van der Waals surface area contributed by atoms with Crippen LogP contribution in [0, 0.1) is 12.8 Å². The first-order valence-corrected chi connectivity index (χ1v) is 9.23. The monoisotopic (exact) mass is 313 g/mol. The lowest BCUT2D eigenvalue weighted by Crippen LogP contribution is -2.10. The van der Waals surface area contributed by atoms with Gasteiger partial charge in [-0.2, -0.15) is 0 Å². The Kier molecular flexibility index (Phi) is 8.91. The molecule has 0 radical (unpaired) electrons. The van der Waals surface area contributed by atoms with E-state index in [1.54, 1.807) is 0 Å². The number of hydrogen-bond acceptors (Lipinski definition) is 1. The molecule has 0 atom stereocenters. The number of aryl methyl sites for hydroxylation is 1. The summed E-state index contributed by atoms with van der Waals surface area (Å²) in [6.07, 6.45) is 7.73. The van der Waals surface area contributed by atoms with Crippen LogP contribution in [0.3, 0.4) is 0 Å². The minimum absolute atomic E-state index is 0.857. The molecule has 0 amide bonds. The van der Waals surface area contributed by atoms with Crippen molar-refractivity contribution >= 4 is 5.71 Å². The Morgan fingerprint density at radius 1 is 0.957 bits per heavy atom. The highest BCUT2D eigenvalue weighted by molar-refractivity contribution is 6.12. The Hall–Kier alpha value is -1.37. The van der Waals surface area contributed by atoms with Crippen LogP contribution in [0.25, 0.3) is 0 Å². The van der Waals surface area contributed by atoms with Gasteiger partial charge in [0.15, 0.2) is 0 Å². The number of hydrogen-bond donors (Lipinski definition) is 0. The van der Waals surface area contributed by atoms with E-state index in [-0.39, 0.29) is 0 Å². The molecule has 0 fully saturated rings. The molecular formula is C22H35N. The van der Waals surface area contributed by atoms with Gasteiger partial charge in [-0.1, -0.05) is 74.9 Å². The summed E-state index contributed by atoms with van der Waals surface area (Å²) in [5.74, 6) is 0.857. The van der Waals surface area contributed by atoms with Crippen molar-refractivity contribution < 1.29 is 0 Å². The number of nitrogens with zero attached hydrogens (tertiary/aromatic N) is 1. The summed E-state index contributed by atoms with van der Waals surface area (Å²) in [5, 5.41) is 0. The van der Waals surface area contributed by atoms with E-state index in [9.17, 15) is 0 Å². The van der Waals surface area contributed by atoms with Crippen LogP contribution in [0.2, 0.25) is 0 Å². The molecule has 0 aromatic heterocycles. The number of benzene rings is 1. The Morgan fingerprint density at radius 2 is 1.52 bits per heavy atom. The first-order valence-electron chi connectivity index (χ1n) is 9.23. The maximum atomic E-state index is 4.64. The van der Waals surface area contributed by atoms with E-state index in [1.807, 2.05) is 7.05 Å². The van der Waals surface area contributed by atoms with Gasteiger partial charge < -0.3 is 0 Å². The zero-order chi connectivity index (χ0) is 17.2. The fourth-order valence-electron chi connectivity index (χ4n) is 3.35. The molecule has 0 saturated heterocycles. The molecule has 1 aromatic rings. The lowest BCUT2D eigenvalue weighted by molar-refractivity contribution is 0.412. The molecule has 0 spiro atoms. The van der Waals surface area contributed by atoms with Crippen LogP contribution >= 0.6 is 0 Å². The summed E-state index contributed by atoms with van der Waals surface area (Å²) in [6.45, 7) is 11.2. The molecule has 0 unspecified atom stereocenters. The van der Waals surface area contributed by atoms with Gasteiger partial charge in [-0.3, -0.25) is 4.99 Å². The van der Waals surface area contributed by atoms with Crippen molar-refractivity contribution in [2.45, 2.75) is 73.1 Å². The van der Waals surface area contributed by atoms with Gasteiger partial charge in [0.2, 0.25) is 0 Å². The van der Waals surface area contributed by atoms with Gasteiger partial charge in [0.05, 0.1) is 5.71 Å². The smallest absolute Gasteiger partial charge is 0.0674 e. The van der Waals surface area contributed by atoms with E-state index in [2.05, 4.69) is 63.9 Å². The molecular weight excluding hydrogens is 278 g/mol. The van der Waals surface area contributed by atoms with Crippen LogP contribution in [0.4, 0.5) is 0 Å². The molecule has 1 rings (SSSR count). The van der Waals surface area contributed by atoms with Crippen molar-refractivity contribution in [2.75, 3.05) is 7.05 Å². The second-order valence-electron chi connectivity index (χ2n) is 6.90. The van der Waals surface area contributed by atoms with Crippen molar-refractivity contribution in [1.29, 1.82) is 0 Å². The van der Waals surface area contributed by atoms with Crippen LogP contribution < -0.4 is 0 Å². The molecule has 0 heterocycles. The predicted molar refractivity (Wildman–Crippen MR) is 105 cm³/mol. The largest absolute Gasteiger partial charge is 0.288 e. The van der Waals surface area contributed by atoms with Crippen molar-refractivity contribution in [3.05, 3.63) is 46.5 Å². The normalized spacial score (nSPS) is 11.9. The van der Waals surface area contributed by atoms with Crippen LogP contribution in [0.15, 0.2) is 40.4 Å². The van der Waals surface area contributed by atoms with Crippen molar-refractivity contribution in [3.8, 4) is 0 Å². The van der Waals surface area contributed by atoms with Gasteiger partial charge in [0, 0.05) is 7.05 Å². The third kappa shape index (κ3) is 6.33. The molecule has 0 N–H and O–H groups in total. The Bertz CT molecular complexity index is 509. The van der Waals surface area contributed by atoms with Crippen LogP contribution in [-0.4, -0.2) is 12.8 Å². The van der Waals surface area contributed by atoms with E-state index in [4.69, 9.17) is 0 Å². The predicted octanol–water partition coefficient (Wildman–Crippen LogP) is 6.75. The molecule has 0 bridgehead atoms. The van der Waals surface area contributed by atoms with Crippen LogP contribution in [-0.2, 0) is 0 Å². The van der Waals surface area contributed by atoms with Gasteiger partial charge in [-0.25, -0.2) is 0 Å². The second kappa shape index (κ2) is 10.4. The topological polar surface area (TPSA) is 12.4 Å². The van der Waals surface area contributed by atoms with Crippen LogP contribution in [0.1, 0.15) is 77.3 Å². The van der Waals surface area contributed by atoms with Gasteiger partial charge in [-0.15, -0.1) is 0 Å². The van der Waals surface area contributed by atoms with E-state index >= 15 is 0 Å². The quantitative estimate of drug-likeness (QED) is 0.447. The van der Waals surface area contributed by atoms with Crippen molar-refractivity contribution in [2.24, 2.45) is 10.9 Å². The second-order valence-corrected chi connectivity index (χ2v) is 6.90. The highest BCUT2D eigenvalue weighted by Gasteiger charge is 2.14. The van der Waals surface area contributed by atoms with Crippen molar-refractivity contribution in [3.63, 3.8) is 0 Å². The zero-order valence-electron chi connectivity index (χ0n) is 16.1. The van der Waals surface area contributed by atoms with Gasteiger partial charge in [0.1, 0.15) is 0 Å². The maximum Gasteiger partial charge on any atom is 0.0674 e.